The lowest BCUT2D eigenvalue weighted by atomic mass is 9.92. The van der Waals surface area contributed by atoms with Crippen LogP contribution in [0.25, 0.3) is 35.7 Å². The summed E-state index contributed by atoms with van der Waals surface area (Å²) in [5.74, 6) is -0.655. The molecule has 0 fully saturated rings. The lowest BCUT2D eigenvalue weighted by Gasteiger charge is -2.16. The van der Waals surface area contributed by atoms with Gasteiger partial charge in [-0.15, -0.1) is 0 Å². The summed E-state index contributed by atoms with van der Waals surface area (Å²) in [6, 6.07) is 12.3. The van der Waals surface area contributed by atoms with E-state index in [0.717, 1.165) is 59.2 Å². The van der Waals surface area contributed by atoms with E-state index in [1.807, 2.05) is 38.4 Å². The van der Waals surface area contributed by atoms with Crippen molar-refractivity contribution in [1.29, 1.82) is 0 Å². The summed E-state index contributed by atoms with van der Waals surface area (Å²) >= 11 is 0. The van der Waals surface area contributed by atoms with Gasteiger partial charge >= 0.3 is 12.4 Å². The van der Waals surface area contributed by atoms with Gasteiger partial charge in [0.1, 0.15) is 34.7 Å². The number of aryl methyl sites for hydroxylation is 4. The van der Waals surface area contributed by atoms with E-state index < -0.39 is 46.9 Å². The van der Waals surface area contributed by atoms with Crippen LogP contribution in [0.3, 0.4) is 0 Å². The Bertz CT molecular complexity index is 3060. The molecule has 14 nitrogen and oxygen atoms in total. The molecule has 6 aromatic heterocycles. The molecule has 10 rings (SSSR count). The molecule has 2 aliphatic rings. The summed E-state index contributed by atoms with van der Waals surface area (Å²) in [7, 11) is 3.04. The molecule has 0 N–H and O–H groups in total. The first kappa shape index (κ1) is 47.0. The van der Waals surface area contributed by atoms with Gasteiger partial charge in [0.25, 0.3) is 0 Å². The third-order valence-electron chi connectivity index (χ3n) is 11.6. The second-order valence-corrected chi connectivity index (χ2v) is 16.3. The molecule has 0 radical (unpaired) electrons. The van der Waals surface area contributed by atoms with Gasteiger partial charge in [0.15, 0.2) is 11.6 Å². The highest BCUT2D eigenvalue weighted by Gasteiger charge is 2.40. The number of pyridine rings is 2. The average molecular weight is 969 g/mol. The number of imidazole rings is 2. The fourth-order valence-corrected chi connectivity index (χ4v) is 8.44. The molecule has 0 saturated carbocycles. The first-order valence-corrected chi connectivity index (χ1v) is 21.6. The minimum Gasteiger partial charge on any atom is -0.479 e. The van der Waals surface area contributed by atoms with Gasteiger partial charge < -0.3 is 18.6 Å². The van der Waals surface area contributed by atoms with Crippen molar-refractivity contribution in [2.75, 3.05) is 14.2 Å². The Hall–Kier alpha value is -8.04. The maximum absolute atomic E-state index is 13.8. The Kier molecular flexibility index (Phi) is 12.6. The molecule has 8 aromatic rings. The molecule has 0 unspecified atom stereocenters. The molecular weight excluding hydrogens is 929 g/mol. The van der Waals surface area contributed by atoms with Crippen LogP contribution in [0.1, 0.15) is 93.0 Å². The number of benzene rings is 2. The summed E-state index contributed by atoms with van der Waals surface area (Å²) in [4.78, 5) is 26.2. The fraction of sp³-hybridized carbons (Fsp3) is 0.250. The van der Waals surface area contributed by atoms with Gasteiger partial charge in [-0.05, 0) is 123 Å². The molecule has 2 atom stereocenters. The molecule has 360 valence electrons. The van der Waals surface area contributed by atoms with Crippen LogP contribution >= 0.6 is 0 Å². The van der Waals surface area contributed by atoms with Crippen molar-refractivity contribution in [2.45, 2.75) is 64.0 Å². The number of hydrogen-bond donors (Lipinski definition) is 0. The van der Waals surface area contributed by atoms with Gasteiger partial charge in [-0.3, -0.25) is 0 Å². The van der Waals surface area contributed by atoms with E-state index in [0.29, 0.717) is 72.4 Å². The Morgan fingerprint density at radius 1 is 0.557 bits per heavy atom. The summed E-state index contributed by atoms with van der Waals surface area (Å²) in [5.41, 5.74) is 2.35. The van der Waals surface area contributed by atoms with Crippen LogP contribution in [0.15, 0.2) is 85.7 Å². The predicted molar refractivity (Wildman–Crippen MR) is 239 cm³/mol. The summed E-state index contributed by atoms with van der Waals surface area (Å²) in [6.07, 6.45) is 5.21. The molecule has 0 aliphatic carbocycles. The molecular formula is C48H40F8N12O2. The minimum atomic E-state index is -4.59. The number of rotatable bonds is 10. The number of alkyl halides is 6. The van der Waals surface area contributed by atoms with Gasteiger partial charge in [-0.1, -0.05) is 0 Å². The third kappa shape index (κ3) is 9.78. The normalized spacial score (nSPS) is 15.7. The second-order valence-electron chi connectivity index (χ2n) is 16.3. The quantitative estimate of drug-likeness (QED) is 0.122. The molecule has 0 saturated heterocycles. The maximum atomic E-state index is 13.8. The Balaban J connectivity index is 0.000000174. The minimum absolute atomic E-state index is 0.129. The summed E-state index contributed by atoms with van der Waals surface area (Å²) in [5, 5.41) is 8.76. The average Bonchev–Trinajstić information content (AvgIpc) is 4.19. The third-order valence-corrected chi connectivity index (χ3v) is 11.6. The van der Waals surface area contributed by atoms with Crippen molar-refractivity contribution in [3.05, 3.63) is 166 Å². The highest BCUT2D eigenvalue weighted by Crippen LogP contribution is 2.43. The molecule has 0 spiro atoms. The number of ether oxygens (including phenoxy) is 2. The van der Waals surface area contributed by atoms with E-state index in [1.165, 1.54) is 14.2 Å². The first-order chi connectivity index (χ1) is 33.4. The van der Waals surface area contributed by atoms with E-state index in [-0.39, 0.29) is 11.1 Å². The van der Waals surface area contributed by atoms with Crippen LogP contribution in [0.4, 0.5) is 35.1 Å². The Morgan fingerprint density at radius 3 is 1.33 bits per heavy atom. The van der Waals surface area contributed by atoms with Crippen molar-refractivity contribution >= 4 is 24.3 Å². The highest BCUT2D eigenvalue weighted by molar-refractivity contribution is 5.67. The SMILES string of the molecule is COc1nc(/C=C/c2nc3n(n2)CC[C@@H]3c2cc(F)ccc2C(F)(F)F)ccc1-n1cnc(C)c1.COc1nc(/C=C/c2nc3n(n2)CC[C@H]3c2cc(F)ccc2C(F)(F)F)ccc1-n1cnc(C)c1. The van der Waals surface area contributed by atoms with Crippen LogP contribution < -0.4 is 9.47 Å². The largest absolute Gasteiger partial charge is 0.479 e. The standard InChI is InChI=1S/2C24H20F4N6O/c2*1-14-12-33(13-29-14)20-7-4-16(30-23(20)35-2)5-8-21-31-22-17(9-10-34(22)32-21)18-11-15(25)3-6-19(18)24(26,27)28/h2*3-8,11-13,17H,9-10H2,1-2H3/b2*8-5+/t2*17-/m10/s1. The van der Waals surface area contributed by atoms with Crippen LogP contribution in [0, 0.1) is 25.5 Å². The lowest BCUT2D eigenvalue weighted by Crippen LogP contribution is -2.12. The van der Waals surface area contributed by atoms with Crippen molar-refractivity contribution in [3.8, 4) is 23.1 Å². The lowest BCUT2D eigenvalue weighted by molar-refractivity contribution is -0.139. The van der Waals surface area contributed by atoms with E-state index in [1.54, 1.807) is 67.6 Å². The number of methoxy groups -OCH3 is 2. The van der Waals surface area contributed by atoms with E-state index in [9.17, 15) is 35.1 Å². The van der Waals surface area contributed by atoms with Crippen molar-refractivity contribution < 1.29 is 44.6 Å². The molecule has 8 heterocycles. The van der Waals surface area contributed by atoms with Crippen molar-refractivity contribution in [1.82, 2.24) is 58.6 Å². The molecule has 2 aliphatic heterocycles. The molecule has 0 bridgehead atoms. The zero-order chi connectivity index (χ0) is 49.5. The molecule has 0 amide bonds. The summed E-state index contributed by atoms with van der Waals surface area (Å²) in [6.45, 7) is 4.54. The van der Waals surface area contributed by atoms with Gasteiger partial charge in [0, 0.05) is 37.3 Å². The Morgan fingerprint density at radius 2 is 0.971 bits per heavy atom. The van der Waals surface area contributed by atoms with Crippen molar-refractivity contribution in [3.63, 3.8) is 0 Å². The van der Waals surface area contributed by atoms with Gasteiger partial charge in [0.2, 0.25) is 11.8 Å². The van der Waals surface area contributed by atoms with Crippen molar-refractivity contribution in [2.24, 2.45) is 0 Å². The van der Waals surface area contributed by atoms with Gasteiger partial charge in [-0.25, -0.2) is 48.0 Å². The summed E-state index contributed by atoms with van der Waals surface area (Å²) < 4.78 is 126. The number of fused-ring (bicyclic) bond motifs is 2. The van der Waals surface area contributed by atoms with Crippen LogP contribution in [0.2, 0.25) is 0 Å². The van der Waals surface area contributed by atoms with Gasteiger partial charge in [0.05, 0.1) is 60.8 Å². The van der Waals surface area contributed by atoms with E-state index >= 15 is 0 Å². The number of aromatic nitrogens is 12. The zero-order valence-corrected chi connectivity index (χ0v) is 37.6. The highest BCUT2D eigenvalue weighted by atomic mass is 19.4. The van der Waals surface area contributed by atoms with Crippen LogP contribution in [-0.4, -0.2) is 72.8 Å². The van der Waals surface area contributed by atoms with Gasteiger partial charge in [-0.2, -0.15) is 36.5 Å². The van der Waals surface area contributed by atoms with E-state index in [4.69, 9.17) is 9.47 Å². The monoisotopic (exact) mass is 968 g/mol. The number of hydrogen-bond acceptors (Lipinski definition) is 10. The number of nitrogens with zero attached hydrogens (tertiary/aromatic N) is 12. The molecule has 2 aromatic carbocycles. The number of halogens is 8. The molecule has 22 heteroatoms. The second kappa shape index (κ2) is 18.8. The first-order valence-electron chi connectivity index (χ1n) is 21.6. The Labute approximate surface area is 393 Å². The van der Waals surface area contributed by atoms with Crippen LogP contribution in [-0.2, 0) is 25.4 Å². The van der Waals surface area contributed by atoms with E-state index in [2.05, 4.69) is 40.1 Å². The molecule has 70 heavy (non-hydrogen) atoms. The maximum Gasteiger partial charge on any atom is 0.416 e. The zero-order valence-electron chi connectivity index (χ0n) is 37.6. The smallest absolute Gasteiger partial charge is 0.416 e. The van der Waals surface area contributed by atoms with Crippen LogP contribution in [0.5, 0.6) is 11.8 Å². The predicted octanol–water partition coefficient (Wildman–Crippen LogP) is 10.1. The topological polar surface area (TPSA) is 141 Å². The fourth-order valence-electron chi connectivity index (χ4n) is 8.44.